The number of benzene rings is 2. The van der Waals surface area contributed by atoms with Crippen molar-refractivity contribution in [1.29, 1.82) is 0 Å². The van der Waals surface area contributed by atoms with Gasteiger partial charge in [-0.1, -0.05) is 12.1 Å². The minimum absolute atomic E-state index is 0.140. The van der Waals surface area contributed by atoms with Crippen LogP contribution in [0.25, 0.3) is 22.0 Å². The molecule has 2 aromatic carbocycles. The van der Waals surface area contributed by atoms with E-state index in [1.165, 1.54) is 10.6 Å². The number of H-pyrrole nitrogens is 1. The minimum atomic E-state index is -3.49. The van der Waals surface area contributed by atoms with E-state index in [0.29, 0.717) is 40.6 Å². The zero-order valence-corrected chi connectivity index (χ0v) is 21.6. The molecule has 196 valence electrons. The number of carbonyl (C=O) groups excluding carboxylic acids is 2. The number of ether oxygens (including phenoxy) is 1. The van der Waals surface area contributed by atoms with Crippen molar-refractivity contribution in [1.82, 2.24) is 14.9 Å². The number of hydrogen-bond acceptors (Lipinski definition) is 7. The maximum atomic E-state index is 12.5. The Kier molecular flexibility index (Phi) is 6.53. The minimum Gasteiger partial charge on any atom is -0.488 e. The Morgan fingerprint density at radius 1 is 1.05 bits per heavy atom. The SMILES string of the molecule is Cn1cc(-c2cc(S(C)(=O)=O)ccc2OCc2ccc(NC3CCC(=O)NC3=O)cc2)c2cc[nH]c2c1=O. The third-order valence-corrected chi connectivity index (χ3v) is 7.60. The van der Waals surface area contributed by atoms with E-state index in [9.17, 15) is 22.8 Å². The highest BCUT2D eigenvalue weighted by Gasteiger charge is 2.26. The highest BCUT2D eigenvalue weighted by atomic mass is 32.2. The third-order valence-electron chi connectivity index (χ3n) is 6.49. The molecule has 0 aliphatic carbocycles. The van der Waals surface area contributed by atoms with Crippen molar-refractivity contribution in [2.45, 2.75) is 30.4 Å². The average Bonchev–Trinajstić information content (AvgIpc) is 3.37. The standard InChI is InChI=1S/C27H26N4O6S/c1-31-14-21(19-11-12-28-25(19)27(31)34)20-13-18(38(2,35)36)7-9-23(20)37-15-16-3-5-17(6-4-16)29-22-8-10-24(32)30-26(22)33/h3-7,9,11-14,22,28-29H,8,10,15H2,1-2H3,(H,30,32,33). The maximum Gasteiger partial charge on any atom is 0.274 e. The smallest absolute Gasteiger partial charge is 0.274 e. The number of imide groups is 1. The molecule has 38 heavy (non-hydrogen) atoms. The Morgan fingerprint density at radius 3 is 2.53 bits per heavy atom. The van der Waals surface area contributed by atoms with Crippen LogP contribution in [0.2, 0.25) is 0 Å². The second-order valence-corrected chi connectivity index (χ2v) is 11.3. The summed E-state index contributed by atoms with van der Waals surface area (Å²) < 4.78 is 32.2. The van der Waals surface area contributed by atoms with Crippen LogP contribution in [-0.4, -0.2) is 42.1 Å². The molecule has 3 heterocycles. The third kappa shape index (κ3) is 5.05. The number of aromatic amines is 1. The monoisotopic (exact) mass is 534 g/mol. The Bertz CT molecular complexity index is 1720. The first kappa shape index (κ1) is 25.3. The first-order valence-corrected chi connectivity index (χ1v) is 13.8. The zero-order chi connectivity index (χ0) is 27.0. The van der Waals surface area contributed by atoms with Crippen LogP contribution in [0.4, 0.5) is 5.69 Å². The van der Waals surface area contributed by atoms with E-state index in [1.54, 1.807) is 37.6 Å². The Labute approximate surface area is 218 Å². The summed E-state index contributed by atoms with van der Waals surface area (Å²) in [6.07, 6.45) is 5.20. The molecule has 10 nitrogen and oxygen atoms in total. The number of nitrogens with zero attached hydrogens (tertiary/aromatic N) is 1. The van der Waals surface area contributed by atoms with Crippen molar-refractivity contribution in [3.63, 3.8) is 0 Å². The molecule has 2 amide bonds. The molecule has 3 N–H and O–H groups in total. The summed E-state index contributed by atoms with van der Waals surface area (Å²) >= 11 is 0. The number of amides is 2. The van der Waals surface area contributed by atoms with Crippen molar-refractivity contribution in [3.05, 3.63) is 76.8 Å². The van der Waals surface area contributed by atoms with Gasteiger partial charge in [-0.3, -0.25) is 19.7 Å². The van der Waals surface area contributed by atoms with Gasteiger partial charge in [0.05, 0.1) is 4.90 Å². The second kappa shape index (κ2) is 9.82. The molecule has 5 rings (SSSR count). The number of sulfone groups is 1. The van der Waals surface area contributed by atoms with Gasteiger partial charge in [0.1, 0.15) is 23.9 Å². The van der Waals surface area contributed by atoms with Gasteiger partial charge in [-0.05, 0) is 48.4 Å². The van der Waals surface area contributed by atoms with Crippen LogP contribution in [-0.2, 0) is 33.1 Å². The first-order chi connectivity index (χ1) is 18.1. The van der Waals surface area contributed by atoms with Gasteiger partial charge in [0.2, 0.25) is 11.8 Å². The molecule has 1 aliphatic heterocycles. The normalized spacial score (nSPS) is 15.9. The number of rotatable bonds is 7. The van der Waals surface area contributed by atoms with Crippen molar-refractivity contribution < 1.29 is 22.7 Å². The number of nitrogens with one attached hydrogen (secondary N) is 3. The van der Waals surface area contributed by atoms with Crippen molar-refractivity contribution in [2.24, 2.45) is 7.05 Å². The van der Waals surface area contributed by atoms with Gasteiger partial charge in [-0.15, -0.1) is 0 Å². The van der Waals surface area contributed by atoms with Gasteiger partial charge in [0.15, 0.2) is 9.84 Å². The fraction of sp³-hybridized carbons (Fsp3) is 0.222. The Balaban J connectivity index is 1.41. The lowest BCUT2D eigenvalue weighted by atomic mass is 10.0. The number of pyridine rings is 1. The lowest BCUT2D eigenvalue weighted by molar-refractivity contribution is -0.133. The van der Waals surface area contributed by atoms with Crippen LogP contribution >= 0.6 is 0 Å². The van der Waals surface area contributed by atoms with Gasteiger partial charge in [-0.25, -0.2) is 8.42 Å². The Morgan fingerprint density at radius 2 is 1.82 bits per heavy atom. The van der Waals surface area contributed by atoms with Crippen LogP contribution in [0, 0.1) is 0 Å². The molecule has 4 aromatic rings. The summed E-state index contributed by atoms with van der Waals surface area (Å²) in [6.45, 7) is 0.200. The van der Waals surface area contributed by atoms with Gasteiger partial charge in [-0.2, -0.15) is 0 Å². The number of aromatic nitrogens is 2. The molecule has 0 spiro atoms. The number of carbonyl (C=O) groups is 2. The zero-order valence-electron chi connectivity index (χ0n) is 20.8. The van der Waals surface area contributed by atoms with Gasteiger partial charge >= 0.3 is 0 Å². The quantitative estimate of drug-likeness (QED) is 0.310. The molecule has 1 fully saturated rings. The molecule has 11 heteroatoms. The van der Waals surface area contributed by atoms with Crippen LogP contribution in [0.5, 0.6) is 5.75 Å². The van der Waals surface area contributed by atoms with E-state index >= 15 is 0 Å². The summed E-state index contributed by atoms with van der Waals surface area (Å²) in [6, 6.07) is 13.3. The topological polar surface area (TPSA) is 139 Å². The summed E-state index contributed by atoms with van der Waals surface area (Å²) in [5, 5.41) is 6.12. The van der Waals surface area contributed by atoms with Crippen molar-refractivity contribution >= 4 is 38.2 Å². The summed E-state index contributed by atoms with van der Waals surface area (Å²) in [4.78, 5) is 39.0. The van der Waals surface area contributed by atoms with E-state index in [2.05, 4.69) is 15.6 Å². The molecule has 0 saturated carbocycles. The molecule has 1 saturated heterocycles. The van der Waals surface area contributed by atoms with E-state index in [1.807, 2.05) is 24.3 Å². The highest BCUT2D eigenvalue weighted by Crippen LogP contribution is 2.36. The van der Waals surface area contributed by atoms with Crippen molar-refractivity contribution in [3.8, 4) is 16.9 Å². The predicted molar refractivity (Wildman–Crippen MR) is 143 cm³/mol. The number of hydrogen-bond donors (Lipinski definition) is 3. The van der Waals surface area contributed by atoms with Crippen molar-refractivity contribution in [2.75, 3.05) is 11.6 Å². The Hall–Kier alpha value is -4.38. The lowest BCUT2D eigenvalue weighted by Gasteiger charge is -2.22. The summed E-state index contributed by atoms with van der Waals surface area (Å²) in [5.41, 5.74) is 3.02. The van der Waals surface area contributed by atoms with Crippen LogP contribution in [0.3, 0.4) is 0 Å². The molecular weight excluding hydrogens is 508 g/mol. The molecule has 2 aromatic heterocycles. The largest absolute Gasteiger partial charge is 0.488 e. The van der Waals surface area contributed by atoms with Crippen LogP contribution in [0.15, 0.2) is 70.6 Å². The maximum absolute atomic E-state index is 12.5. The second-order valence-electron chi connectivity index (χ2n) is 9.29. The first-order valence-electron chi connectivity index (χ1n) is 11.9. The van der Waals surface area contributed by atoms with Crippen LogP contribution in [0.1, 0.15) is 18.4 Å². The summed E-state index contributed by atoms with van der Waals surface area (Å²) in [7, 11) is -1.85. The number of anilines is 1. The van der Waals surface area contributed by atoms with Gasteiger partial charge in [0.25, 0.3) is 5.56 Å². The van der Waals surface area contributed by atoms with Gasteiger partial charge in [0, 0.05) is 54.3 Å². The lowest BCUT2D eigenvalue weighted by Crippen LogP contribution is -2.47. The average molecular weight is 535 g/mol. The van der Waals surface area contributed by atoms with E-state index in [0.717, 1.165) is 17.5 Å². The predicted octanol–water partition coefficient (Wildman–Crippen LogP) is 2.73. The molecule has 1 atom stereocenters. The van der Waals surface area contributed by atoms with E-state index in [-0.39, 0.29) is 28.9 Å². The molecular formula is C27H26N4O6S. The van der Waals surface area contributed by atoms with E-state index in [4.69, 9.17) is 4.74 Å². The van der Waals surface area contributed by atoms with Crippen LogP contribution < -0.4 is 20.9 Å². The number of aryl methyl sites for hydroxylation is 1. The van der Waals surface area contributed by atoms with Gasteiger partial charge < -0.3 is 19.6 Å². The highest BCUT2D eigenvalue weighted by molar-refractivity contribution is 7.90. The summed E-state index contributed by atoms with van der Waals surface area (Å²) in [5.74, 6) is -0.141. The number of piperidine rings is 1. The molecule has 1 aliphatic rings. The fourth-order valence-corrected chi connectivity index (χ4v) is 5.10. The molecule has 0 bridgehead atoms. The fourth-order valence-electron chi connectivity index (χ4n) is 4.45. The molecule has 1 unspecified atom stereocenters. The molecule has 0 radical (unpaired) electrons. The van der Waals surface area contributed by atoms with E-state index < -0.39 is 15.9 Å². The number of fused-ring (bicyclic) bond motifs is 1.